The third-order valence-corrected chi connectivity index (χ3v) is 3.05. The number of aromatic nitrogens is 1. The molecule has 5 nitrogen and oxygen atoms in total. The Kier molecular flexibility index (Phi) is 5.84. The minimum absolute atomic E-state index is 0.536. The lowest BCUT2D eigenvalue weighted by Gasteiger charge is -2.10. The number of benzene rings is 1. The second-order valence-corrected chi connectivity index (χ2v) is 4.54. The maximum Gasteiger partial charge on any atom is 0.182 e. The van der Waals surface area contributed by atoms with Gasteiger partial charge in [0.2, 0.25) is 0 Å². The molecule has 1 heterocycles. The Bertz CT molecular complexity index is 543. The van der Waals surface area contributed by atoms with E-state index in [-0.39, 0.29) is 0 Å². The average molecular weight is 287 g/mol. The monoisotopic (exact) mass is 287 g/mol. The van der Waals surface area contributed by atoms with Crippen molar-refractivity contribution in [2.45, 2.75) is 19.8 Å². The molecule has 5 heteroatoms. The van der Waals surface area contributed by atoms with Gasteiger partial charge < -0.3 is 14.9 Å². The lowest BCUT2D eigenvalue weighted by atomic mass is 10.2. The van der Waals surface area contributed by atoms with Crippen LogP contribution >= 0.6 is 0 Å². The number of hydrazine groups is 1. The van der Waals surface area contributed by atoms with Crippen molar-refractivity contribution in [3.05, 3.63) is 48.2 Å². The molecule has 0 aliphatic carbocycles. The molecule has 0 aliphatic heterocycles. The highest BCUT2D eigenvalue weighted by Crippen LogP contribution is 2.19. The average Bonchev–Trinajstić information content (AvgIpc) is 2.55. The predicted molar refractivity (Wildman–Crippen MR) is 83.5 cm³/mol. The molecule has 112 valence electrons. The molecule has 0 amide bonds. The standard InChI is InChI=1S/C16H21N3O2/c1-2-13-6-8-14(9-7-13)20-11-4-12-21-15-5-3-10-18-16(15)19-17/h3,5-10H,2,4,11-12,17H2,1H3,(H,18,19). The summed E-state index contributed by atoms with van der Waals surface area (Å²) in [4.78, 5) is 4.07. The summed E-state index contributed by atoms with van der Waals surface area (Å²) in [7, 11) is 0. The van der Waals surface area contributed by atoms with E-state index in [9.17, 15) is 0 Å². The maximum atomic E-state index is 5.66. The Hall–Kier alpha value is -2.27. The van der Waals surface area contributed by atoms with Crippen LogP contribution in [0.5, 0.6) is 11.5 Å². The highest BCUT2D eigenvalue weighted by atomic mass is 16.5. The molecule has 0 unspecified atom stereocenters. The van der Waals surface area contributed by atoms with E-state index in [1.54, 1.807) is 6.20 Å². The summed E-state index contributed by atoms with van der Waals surface area (Å²) in [6, 6.07) is 11.8. The van der Waals surface area contributed by atoms with Crippen LogP contribution in [0.2, 0.25) is 0 Å². The van der Waals surface area contributed by atoms with Crippen LogP contribution < -0.4 is 20.7 Å². The van der Waals surface area contributed by atoms with Gasteiger partial charge in [0.15, 0.2) is 11.6 Å². The zero-order valence-corrected chi connectivity index (χ0v) is 12.2. The van der Waals surface area contributed by atoms with Gasteiger partial charge in [-0.1, -0.05) is 19.1 Å². The summed E-state index contributed by atoms with van der Waals surface area (Å²) >= 11 is 0. The second-order valence-electron chi connectivity index (χ2n) is 4.54. The number of nitrogens with one attached hydrogen (secondary N) is 1. The zero-order chi connectivity index (χ0) is 14.9. The molecule has 0 atom stereocenters. The van der Waals surface area contributed by atoms with Gasteiger partial charge in [-0.15, -0.1) is 0 Å². The van der Waals surface area contributed by atoms with Gasteiger partial charge in [-0.2, -0.15) is 0 Å². The van der Waals surface area contributed by atoms with Crippen molar-refractivity contribution in [1.29, 1.82) is 0 Å². The summed E-state index contributed by atoms with van der Waals surface area (Å²) in [5, 5.41) is 0. The van der Waals surface area contributed by atoms with E-state index in [0.29, 0.717) is 24.8 Å². The first-order valence-electron chi connectivity index (χ1n) is 7.09. The summed E-state index contributed by atoms with van der Waals surface area (Å²) < 4.78 is 11.3. The molecule has 0 fully saturated rings. The molecule has 0 aliphatic rings. The minimum Gasteiger partial charge on any atom is -0.493 e. The first-order chi connectivity index (χ1) is 10.3. The Balaban J connectivity index is 1.70. The number of hydrogen-bond donors (Lipinski definition) is 2. The fourth-order valence-corrected chi connectivity index (χ4v) is 1.87. The van der Waals surface area contributed by atoms with Gasteiger partial charge in [-0.25, -0.2) is 10.8 Å². The van der Waals surface area contributed by atoms with Crippen LogP contribution in [-0.2, 0) is 6.42 Å². The van der Waals surface area contributed by atoms with Gasteiger partial charge in [0.25, 0.3) is 0 Å². The maximum absolute atomic E-state index is 5.66. The lowest BCUT2D eigenvalue weighted by molar-refractivity contribution is 0.247. The van der Waals surface area contributed by atoms with Gasteiger partial charge in [0, 0.05) is 12.6 Å². The van der Waals surface area contributed by atoms with E-state index in [2.05, 4.69) is 29.5 Å². The van der Waals surface area contributed by atoms with Crippen LogP contribution in [0, 0.1) is 0 Å². The van der Waals surface area contributed by atoms with Crippen LogP contribution in [-0.4, -0.2) is 18.2 Å². The molecule has 0 saturated carbocycles. The molecule has 2 rings (SSSR count). The number of rotatable bonds is 8. The van der Waals surface area contributed by atoms with E-state index in [1.165, 1.54) is 5.56 Å². The normalized spacial score (nSPS) is 10.2. The summed E-state index contributed by atoms with van der Waals surface area (Å²) in [6.45, 7) is 3.29. The number of nitrogens with two attached hydrogens (primary N) is 1. The number of anilines is 1. The summed E-state index contributed by atoms with van der Waals surface area (Å²) in [5.41, 5.74) is 3.82. The topological polar surface area (TPSA) is 69.4 Å². The Morgan fingerprint density at radius 1 is 1.10 bits per heavy atom. The van der Waals surface area contributed by atoms with Gasteiger partial charge >= 0.3 is 0 Å². The number of ether oxygens (including phenoxy) is 2. The molecular formula is C16H21N3O2. The molecule has 0 bridgehead atoms. The van der Waals surface area contributed by atoms with Crippen molar-refractivity contribution in [2.24, 2.45) is 5.84 Å². The molecule has 3 N–H and O–H groups in total. The highest BCUT2D eigenvalue weighted by Gasteiger charge is 2.02. The molecular weight excluding hydrogens is 266 g/mol. The number of pyridine rings is 1. The van der Waals surface area contributed by atoms with Crippen molar-refractivity contribution >= 4 is 5.82 Å². The van der Waals surface area contributed by atoms with Crippen LogP contribution in [0.1, 0.15) is 18.9 Å². The first-order valence-corrected chi connectivity index (χ1v) is 7.09. The van der Waals surface area contributed by atoms with Crippen molar-refractivity contribution in [3.8, 4) is 11.5 Å². The SMILES string of the molecule is CCc1ccc(OCCCOc2cccnc2NN)cc1. The smallest absolute Gasteiger partial charge is 0.182 e. The highest BCUT2D eigenvalue weighted by molar-refractivity contribution is 5.48. The van der Waals surface area contributed by atoms with Crippen molar-refractivity contribution < 1.29 is 9.47 Å². The quantitative estimate of drug-likeness (QED) is 0.444. The van der Waals surface area contributed by atoms with Crippen molar-refractivity contribution in [1.82, 2.24) is 4.98 Å². The second kappa shape index (κ2) is 8.11. The fraction of sp³-hybridized carbons (Fsp3) is 0.312. The summed E-state index contributed by atoms with van der Waals surface area (Å²) in [5.74, 6) is 7.43. The Labute approximate surface area is 125 Å². The lowest BCUT2D eigenvalue weighted by Crippen LogP contribution is -2.11. The number of nitrogen functional groups attached to an aromatic ring is 1. The van der Waals surface area contributed by atoms with E-state index in [1.807, 2.05) is 24.3 Å². The van der Waals surface area contributed by atoms with Crippen molar-refractivity contribution in [3.63, 3.8) is 0 Å². The van der Waals surface area contributed by atoms with E-state index < -0.39 is 0 Å². The molecule has 1 aromatic carbocycles. The van der Waals surface area contributed by atoms with E-state index in [0.717, 1.165) is 18.6 Å². The molecule has 2 aromatic rings. The molecule has 0 spiro atoms. The van der Waals surface area contributed by atoms with Crippen LogP contribution in [0.15, 0.2) is 42.6 Å². The molecule has 0 saturated heterocycles. The van der Waals surface area contributed by atoms with Crippen LogP contribution in [0.3, 0.4) is 0 Å². The fourth-order valence-electron chi connectivity index (χ4n) is 1.87. The van der Waals surface area contributed by atoms with Crippen molar-refractivity contribution in [2.75, 3.05) is 18.6 Å². The molecule has 1 aromatic heterocycles. The van der Waals surface area contributed by atoms with E-state index in [4.69, 9.17) is 15.3 Å². The number of hydrogen-bond acceptors (Lipinski definition) is 5. The van der Waals surface area contributed by atoms with Gasteiger partial charge in [-0.3, -0.25) is 0 Å². The van der Waals surface area contributed by atoms with E-state index >= 15 is 0 Å². The number of nitrogens with zero attached hydrogens (tertiary/aromatic N) is 1. The Morgan fingerprint density at radius 2 is 1.86 bits per heavy atom. The molecule has 21 heavy (non-hydrogen) atoms. The summed E-state index contributed by atoms with van der Waals surface area (Å²) in [6.07, 6.45) is 3.48. The van der Waals surface area contributed by atoms with Crippen LogP contribution in [0.25, 0.3) is 0 Å². The minimum atomic E-state index is 0.536. The van der Waals surface area contributed by atoms with Crippen LogP contribution in [0.4, 0.5) is 5.82 Å². The molecule has 0 radical (unpaired) electrons. The first kappa shape index (κ1) is 15.1. The van der Waals surface area contributed by atoms with Gasteiger partial charge in [-0.05, 0) is 36.2 Å². The third-order valence-electron chi connectivity index (χ3n) is 3.05. The third kappa shape index (κ3) is 4.65. The van der Waals surface area contributed by atoms with Gasteiger partial charge in [0.05, 0.1) is 13.2 Å². The Morgan fingerprint density at radius 3 is 2.57 bits per heavy atom. The predicted octanol–water partition coefficient (Wildman–Crippen LogP) is 2.78. The zero-order valence-electron chi connectivity index (χ0n) is 12.2. The largest absolute Gasteiger partial charge is 0.493 e. The van der Waals surface area contributed by atoms with Gasteiger partial charge in [0.1, 0.15) is 5.75 Å². The number of aryl methyl sites for hydroxylation is 1.